The standard InChI is InChI=1S/C17H16N2O3/c1-3-22-16(20)14-8-9-17(10-18,11-19)15(14)12-4-6-13(21-2)7-5-12/h4-8,15H,3,9H2,1-2H3. The number of ether oxygens (including phenoxy) is 2. The van der Waals surface area contributed by atoms with Crippen LogP contribution >= 0.6 is 0 Å². The molecule has 0 bridgehead atoms. The van der Waals surface area contributed by atoms with Crippen molar-refractivity contribution in [3.05, 3.63) is 41.5 Å². The summed E-state index contributed by atoms with van der Waals surface area (Å²) in [4.78, 5) is 12.1. The second kappa shape index (κ2) is 6.32. The second-order valence-electron chi connectivity index (χ2n) is 4.99. The molecule has 1 unspecified atom stereocenters. The molecule has 1 aliphatic carbocycles. The number of allylic oxidation sites excluding steroid dienone is 1. The Bertz CT molecular complexity index is 663. The van der Waals surface area contributed by atoms with Crippen molar-refractivity contribution in [2.24, 2.45) is 5.41 Å². The lowest BCUT2D eigenvalue weighted by molar-refractivity contribution is -0.138. The van der Waals surface area contributed by atoms with Crippen LogP contribution in [0.5, 0.6) is 5.75 Å². The number of benzene rings is 1. The third-order valence-electron chi connectivity index (χ3n) is 3.81. The number of carbonyl (C=O) groups excluding carboxylic acids is 1. The van der Waals surface area contributed by atoms with E-state index in [9.17, 15) is 15.3 Å². The van der Waals surface area contributed by atoms with E-state index in [1.807, 2.05) is 0 Å². The molecule has 0 N–H and O–H groups in total. The van der Waals surface area contributed by atoms with Crippen molar-refractivity contribution in [2.75, 3.05) is 13.7 Å². The van der Waals surface area contributed by atoms with E-state index in [1.165, 1.54) is 0 Å². The van der Waals surface area contributed by atoms with Gasteiger partial charge in [-0.05, 0) is 31.0 Å². The number of hydrogen-bond donors (Lipinski definition) is 0. The maximum absolute atomic E-state index is 12.1. The predicted octanol–water partition coefficient (Wildman–Crippen LogP) is 2.71. The molecule has 0 aromatic heterocycles. The first-order chi connectivity index (χ1) is 10.6. The number of methoxy groups -OCH3 is 1. The second-order valence-corrected chi connectivity index (χ2v) is 4.99. The van der Waals surface area contributed by atoms with Gasteiger partial charge >= 0.3 is 5.97 Å². The number of nitrogens with zero attached hydrogens (tertiary/aromatic N) is 2. The van der Waals surface area contributed by atoms with Crippen LogP contribution < -0.4 is 4.74 Å². The van der Waals surface area contributed by atoms with Crippen LogP contribution in [0.4, 0.5) is 0 Å². The molecule has 0 heterocycles. The van der Waals surface area contributed by atoms with Gasteiger partial charge < -0.3 is 9.47 Å². The van der Waals surface area contributed by atoms with Crippen LogP contribution in [0.2, 0.25) is 0 Å². The summed E-state index contributed by atoms with van der Waals surface area (Å²) < 4.78 is 10.2. The molecule has 2 rings (SSSR count). The lowest BCUT2D eigenvalue weighted by Crippen LogP contribution is -2.25. The van der Waals surface area contributed by atoms with E-state index in [1.54, 1.807) is 44.4 Å². The fraction of sp³-hybridized carbons (Fsp3) is 0.353. The fourth-order valence-corrected chi connectivity index (χ4v) is 2.69. The summed E-state index contributed by atoms with van der Waals surface area (Å²) in [6.07, 6.45) is 1.85. The summed E-state index contributed by atoms with van der Waals surface area (Å²) in [6.45, 7) is 1.97. The highest BCUT2D eigenvalue weighted by atomic mass is 16.5. The van der Waals surface area contributed by atoms with E-state index in [-0.39, 0.29) is 13.0 Å². The summed E-state index contributed by atoms with van der Waals surface area (Å²) >= 11 is 0. The van der Waals surface area contributed by atoms with Gasteiger partial charge in [0.05, 0.1) is 25.9 Å². The van der Waals surface area contributed by atoms with E-state index in [2.05, 4.69) is 12.1 Å². The number of rotatable bonds is 4. The fourth-order valence-electron chi connectivity index (χ4n) is 2.69. The Balaban J connectivity index is 2.47. The largest absolute Gasteiger partial charge is 0.497 e. The Morgan fingerprint density at radius 2 is 1.95 bits per heavy atom. The Kier molecular flexibility index (Phi) is 4.48. The lowest BCUT2D eigenvalue weighted by atomic mass is 9.73. The van der Waals surface area contributed by atoms with Crippen LogP contribution in [0.15, 0.2) is 35.9 Å². The van der Waals surface area contributed by atoms with Gasteiger partial charge in [0.1, 0.15) is 5.75 Å². The number of carbonyl (C=O) groups is 1. The van der Waals surface area contributed by atoms with Crippen LogP contribution in [0, 0.1) is 28.1 Å². The quantitative estimate of drug-likeness (QED) is 0.798. The van der Waals surface area contributed by atoms with Gasteiger partial charge in [0.15, 0.2) is 5.41 Å². The zero-order valence-corrected chi connectivity index (χ0v) is 12.5. The molecular weight excluding hydrogens is 280 g/mol. The molecule has 0 amide bonds. The van der Waals surface area contributed by atoms with E-state index >= 15 is 0 Å². The maximum Gasteiger partial charge on any atom is 0.334 e. The smallest absolute Gasteiger partial charge is 0.334 e. The SMILES string of the molecule is CCOC(=O)C1=CCC(C#N)(C#N)C1c1ccc(OC)cc1. The first kappa shape index (κ1) is 15.6. The molecule has 0 saturated carbocycles. The van der Waals surface area contributed by atoms with Gasteiger partial charge in [-0.25, -0.2) is 4.79 Å². The van der Waals surface area contributed by atoms with Crippen molar-refractivity contribution in [1.82, 2.24) is 0 Å². The molecule has 0 fully saturated rings. The highest BCUT2D eigenvalue weighted by molar-refractivity contribution is 5.91. The van der Waals surface area contributed by atoms with Crippen LogP contribution in [0.1, 0.15) is 24.8 Å². The summed E-state index contributed by atoms with van der Waals surface area (Å²) in [5, 5.41) is 19.0. The van der Waals surface area contributed by atoms with Gasteiger partial charge in [0.25, 0.3) is 0 Å². The Labute approximate surface area is 129 Å². The van der Waals surface area contributed by atoms with Crippen molar-refractivity contribution in [2.45, 2.75) is 19.3 Å². The summed E-state index contributed by atoms with van der Waals surface area (Å²) in [7, 11) is 1.56. The Hall–Kier alpha value is -2.79. The van der Waals surface area contributed by atoms with Crippen LogP contribution in [-0.4, -0.2) is 19.7 Å². The van der Waals surface area contributed by atoms with Gasteiger partial charge in [-0.15, -0.1) is 0 Å². The van der Waals surface area contributed by atoms with Crippen molar-refractivity contribution in [3.63, 3.8) is 0 Å². The molecule has 5 nitrogen and oxygen atoms in total. The van der Waals surface area contributed by atoms with Crippen molar-refractivity contribution >= 4 is 5.97 Å². The molecule has 0 saturated heterocycles. The van der Waals surface area contributed by atoms with Crippen molar-refractivity contribution < 1.29 is 14.3 Å². The maximum atomic E-state index is 12.1. The number of esters is 1. The highest BCUT2D eigenvalue weighted by Gasteiger charge is 2.48. The topological polar surface area (TPSA) is 83.1 Å². The third kappa shape index (κ3) is 2.54. The molecule has 0 spiro atoms. The van der Waals surface area contributed by atoms with E-state index in [0.717, 1.165) is 5.56 Å². The highest BCUT2D eigenvalue weighted by Crippen LogP contribution is 2.49. The molecule has 22 heavy (non-hydrogen) atoms. The van der Waals surface area contributed by atoms with Gasteiger partial charge in [-0.3, -0.25) is 0 Å². The minimum Gasteiger partial charge on any atom is -0.497 e. The lowest BCUT2D eigenvalue weighted by Gasteiger charge is -2.24. The zero-order chi connectivity index (χ0) is 16.2. The normalized spacial score (nSPS) is 18.7. The average molecular weight is 296 g/mol. The van der Waals surface area contributed by atoms with Crippen molar-refractivity contribution in [1.29, 1.82) is 10.5 Å². The van der Waals surface area contributed by atoms with E-state index in [0.29, 0.717) is 11.3 Å². The summed E-state index contributed by atoms with van der Waals surface area (Å²) in [5.74, 6) is -0.425. The summed E-state index contributed by atoms with van der Waals surface area (Å²) in [5.41, 5.74) is -0.188. The van der Waals surface area contributed by atoms with Gasteiger partial charge in [-0.1, -0.05) is 18.2 Å². The molecular formula is C17H16N2O3. The molecule has 5 heteroatoms. The molecule has 1 aromatic rings. The molecule has 0 aliphatic heterocycles. The van der Waals surface area contributed by atoms with Crippen LogP contribution in [-0.2, 0) is 9.53 Å². The van der Waals surface area contributed by atoms with E-state index < -0.39 is 17.3 Å². The van der Waals surface area contributed by atoms with Crippen LogP contribution in [0.3, 0.4) is 0 Å². The molecule has 1 aliphatic rings. The van der Waals surface area contributed by atoms with Gasteiger partial charge in [-0.2, -0.15) is 10.5 Å². The number of nitriles is 2. The molecule has 1 aromatic carbocycles. The monoisotopic (exact) mass is 296 g/mol. The zero-order valence-electron chi connectivity index (χ0n) is 12.5. The molecule has 0 radical (unpaired) electrons. The minimum atomic E-state index is -1.28. The third-order valence-corrected chi connectivity index (χ3v) is 3.81. The van der Waals surface area contributed by atoms with Crippen molar-refractivity contribution in [3.8, 4) is 17.9 Å². The van der Waals surface area contributed by atoms with Gasteiger partial charge in [0.2, 0.25) is 0 Å². The molecule has 1 atom stereocenters. The predicted molar refractivity (Wildman–Crippen MR) is 78.7 cm³/mol. The minimum absolute atomic E-state index is 0.213. The summed E-state index contributed by atoms with van der Waals surface area (Å²) in [6, 6.07) is 11.2. The van der Waals surface area contributed by atoms with E-state index in [4.69, 9.17) is 9.47 Å². The average Bonchev–Trinajstić information content (AvgIpc) is 2.95. The van der Waals surface area contributed by atoms with Crippen LogP contribution in [0.25, 0.3) is 0 Å². The first-order valence-electron chi connectivity index (χ1n) is 6.95. The molecule has 112 valence electrons. The first-order valence-corrected chi connectivity index (χ1v) is 6.95. The Morgan fingerprint density at radius 3 is 2.45 bits per heavy atom. The number of hydrogen-bond acceptors (Lipinski definition) is 5. The Morgan fingerprint density at radius 1 is 1.32 bits per heavy atom. The van der Waals surface area contributed by atoms with Gasteiger partial charge in [0, 0.05) is 11.5 Å².